The molecule has 0 aromatic heterocycles. The fourth-order valence-electron chi connectivity index (χ4n) is 3.06. The van der Waals surface area contributed by atoms with Crippen molar-refractivity contribution in [2.24, 2.45) is 0 Å². The van der Waals surface area contributed by atoms with Gasteiger partial charge >= 0.3 is 5.97 Å². The minimum atomic E-state index is -0.646. The van der Waals surface area contributed by atoms with Crippen LogP contribution in [0, 0.1) is 0 Å². The van der Waals surface area contributed by atoms with E-state index in [0.29, 0.717) is 12.8 Å². The molecule has 2 aromatic rings. The highest BCUT2D eigenvalue weighted by Gasteiger charge is 2.46. The largest absolute Gasteiger partial charge is 0.466 e. The lowest BCUT2D eigenvalue weighted by atomic mass is 9.74. The zero-order chi connectivity index (χ0) is 17.0. The Morgan fingerprint density at radius 2 is 1.83 bits per heavy atom. The van der Waals surface area contributed by atoms with Crippen LogP contribution in [0.15, 0.2) is 71.6 Å². The number of ether oxygens (including phenoxy) is 1. The second-order valence-corrected chi connectivity index (χ2v) is 6.77. The number of esters is 1. The molecule has 0 saturated carbocycles. The summed E-state index contributed by atoms with van der Waals surface area (Å²) in [5.41, 5.74) is 1.50. The summed E-state index contributed by atoms with van der Waals surface area (Å²) >= 11 is 1.29. The third-order valence-electron chi connectivity index (χ3n) is 4.27. The van der Waals surface area contributed by atoms with Crippen molar-refractivity contribution in [1.82, 2.24) is 0 Å². The van der Waals surface area contributed by atoms with E-state index in [1.807, 2.05) is 54.6 Å². The molecule has 0 saturated heterocycles. The van der Waals surface area contributed by atoms with E-state index in [0.717, 1.165) is 16.0 Å². The summed E-state index contributed by atoms with van der Waals surface area (Å²) < 4.78 is 4.65. The van der Waals surface area contributed by atoms with Crippen LogP contribution in [-0.4, -0.2) is 18.2 Å². The molecule has 1 heterocycles. The van der Waals surface area contributed by atoms with Crippen LogP contribution in [0.5, 0.6) is 0 Å². The van der Waals surface area contributed by atoms with E-state index in [4.69, 9.17) is 0 Å². The van der Waals surface area contributed by atoms with E-state index >= 15 is 0 Å². The van der Waals surface area contributed by atoms with Gasteiger partial charge in [-0.2, -0.15) is 0 Å². The molecule has 0 aliphatic carbocycles. The molecule has 1 aliphatic heterocycles. The van der Waals surface area contributed by atoms with Crippen LogP contribution in [0.4, 0.5) is 0 Å². The zero-order valence-electron chi connectivity index (χ0n) is 13.4. The molecule has 122 valence electrons. The number of thioether (sulfide) groups is 1. The van der Waals surface area contributed by atoms with E-state index < -0.39 is 11.4 Å². The van der Waals surface area contributed by atoms with Gasteiger partial charge in [-0.3, -0.25) is 4.79 Å². The molecule has 3 nitrogen and oxygen atoms in total. The van der Waals surface area contributed by atoms with Crippen molar-refractivity contribution in [3.05, 3.63) is 77.9 Å². The van der Waals surface area contributed by atoms with Crippen molar-refractivity contribution >= 4 is 22.8 Å². The SMILES string of the molecule is COC(=O)/C=C/C[C@@]1(Cc2ccccc2)C(=O)Sc2ccccc21. The summed E-state index contributed by atoms with van der Waals surface area (Å²) in [5.74, 6) is -0.406. The van der Waals surface area contributed by atoms with Crippen LogP contribution in [0.3, 0.4) is 0 Å². The minimum Gasteiger partial charge on any atom is -0.466 e. The fraction of sp³-hybridized carbons (Fsp3) is 0.200. The van der Waals surface area contributed by atoms with Gasteiger partial charge in [0.15, 0.2) is 0 Å². The Kier molecular flexibility index (Phi) is 4.86. The average Bonchev–Trinajstić information content (AvgIpc) is 2.88. The summed E-state index contributed by atoms with van der Waals surface area (Å²) in [5, 5.41) is 0.127. The maximum atomic E-state index is 12.9. The molecule has 1 atom stereocenters. The second kappa shape index (κ2) is 7.05. The van der Waals surface area contributed by atoms with E-state index in [1.54, 1.807) is 6.08 Å². The molecule has 0 fully saturated rings. The lowest BCUT2D eigenvalue weighted by Crippen LogP contribution is -2.33. The number of allylic oxidation sites excluding steroid dienone is 1. The maximum absolute atomic E-state index is 12.9. The summed E-state index contributed by atoms with van der Waals surface area (Å²) in [7, 11) is 1.35. The van der Waals surface area contributed by atoms with Crippen LogP contribution in [-0.2, 0) is 26.2 Å². The molecule has 0 unspecified atom stereocenters. The molecule has 24 heavy (non-hydrogen) atoms. The first-order valence-electron chi connectivity index (χ1n) is 7.76. The second-order valence-electron chi connectivity index (χ2n) is 5.76. The van der Waals surface area contributed by atoms with E-state index in [9.17, 15) is 9.59 Å². The van der Waals surface area contributed by atoms with Crippen molar-refractivity contribution in [3.8, 4) is 0 Å². The van der Waals surface area contributed by atoms with Gasteiger partial charge < -0.3 is 4.74 Å². The quantitative estimate of drug-likeness (QED) is 0.612. The standard InChI is InChI=1S/C20H18O3S/c1-23-18(21)12-7-13-20(14-15-8-3-2-4-9-15)16-10-5-6-11-17(16)24-19(20)22/h2-12H,13-14H2,1H3/b12-7+/t20-/m0/s1. The fourth-order valence-corrected chi connectivity index (χ4v) is 4.24. The highest BCUT2D eigenvalue weighted by atomic mass is 32.2. The predicted octanol–water partition coefficient (Wildman–Crippen LogP) is 3.92. The minimum absolute atomic E-state index is 0.127. The summed E-state index contributed by atoms with van der Waals surface area (Å²) in [6.07, 6.45) is 4.23. The highest BCUT2D eigenvalue weighted by molar-refractivity contribution is 8.14. The Bertz CT molecular complexity index is 782. The number of benzene rings is 2. The lowest BCUT2D eigenvalue weighted by Gasteiger charge is -2.27. The van der Waals surface area contributed by atoms with Crippen molar-refractivity contribution in [3.63, 3.8) is 0 Å². The predicted molar refractivity (Wildman–Crippen MR) is 94.9 cm³/mol. The number of hydrogen-bond acceptors (Lipinski definition) is 4. The third kappa shape index (κ3) is 3.15. The number of methoxy groups -OCH3 is 1. The summed E-state index contributed by atoms with van der Waals surface area (Å²) in [6, 6.07) is 17.9. The van der Waals surface area contributed by atoms with Gasteiger partial charge in [-0.15, -0.1) is 0 Å². The first kappa shape index (κ1) is 16.5. The Labute approximate surface area is 145 Å². The summed E-state index contributed by atoms with van der Waals surface area (Å²) in [6.45, 7) is 0. The van der Waals surface area contributed by atoms with Gasteiger partial charge in [0.25, 0.3) is 0 Å². The number of rotatable bonds is 5. The van der Waals surface area contributed by atoms with Gasteiger partial charge in [0.05, 0.1) is 12.5 Å². The van der Waals surface area contributed by atoms with Crippen LogP contribution >= 0.6 is 11.8 Å². The number of carbonyl (C=O) groups excluding carboxylic acids is 2. The van der Waals surface area contributed by atoms with Gasteiger partial charge in [0, 0.05) is 11.0 Å². The molecular formula is C20H18O3S. The third-order valence-corrected chi connectivity index (χ3v) is 5.42. The van der Waals surface area contributed by atoms with Gasteiger partial charge in [-0.25, -0.2) is 4.79 Å². The Hall–Kier alpha value is -2.33. The van der Waals surface area contributed by atoms with Crippen LogP contribution in [0.25, 0.3) is 0 Å². The molecular weight excluding hydrogens is 320 g/mol. The average molecular weight is 338 g/mol. The molecule has 0 radical (unpaired) electrons. The Morgan fingerprint density at radius 1 is 1.12 bits per heavy atom. The van der Waals surface area contributed by atoms with Crippen molar-refractivity contribution in [2.45, 2.75) is 23.2 Å². The molecule has 2 aromatic carbocycles. The number of carbonyl (C=O) groups is 2. The molecule has 0 spiro atoms. The number of hydrogen-bond donors (Lipinski definition) is 0. The van der Waals surface area contributed by atoms with Gasteiger partial charge in [0.1, 0.15) is 0 Å². The Morgan fingerprint density at radius 3 is 2.58 bits per heavy atom. The normalized spacial score (nSPS) is 19.5. The molecule has 1 aliphatic rings. The smallest absolute Gasteiger partial charge is 0.330 e. The molecule has 4 heteroatoms. The first-order chi connectivity index (χ1) is 11.7. The lowest BCUT2D eigenvalue weighted by molar-refractivity contribution is -0.134. The van der Waals surface area contributed by atoms with E-state index in [2.05, 4.69) is 4.74 Å². The van der Waals surface area contributed by atoms with Gasteiger partial charge in [-0.1, -0.05) is 66.4 Å². The summed E-state index contributed by atoms with van der Waals surface area (Å²) in [4.78, 5) is 25.3. The first-order valence-corrected chi connectivity index (χ1v) is 8.57. The topological polar surface area (TPSA) is 43.4 Å². The van der Waals surface area contributed by atoms with E-state index in [1.165, 1.54) is 24.9 Å². The molecule has 3 rings (SSSR count). The van der Waals surface area contributed by atoms with Crippen LogP contribution in [0.1, 0.15) is 17.5 Å². The van der Waals surface area contributed by atoms with Crippen molar-refractivity contribution < 1.29 is 14.3 Å². The maximum Gasteiger partial charge on any atom is 0.330 e. The van der Waals surface area contributed by atoms with Crippen LogP contribution < -0.4 is 0 Å². The zero-order valence-corrected chi connectivity index (χ0v) is 14.2. The van der Waals surface area contributed by atoms with Gasteiger partial charge in [-0.05, 0) is 30.0 Å². The Balaban J connectivity index is 2.00. The van der Waals surface area contributed by atoms with Gasteiger partial charge in [0.2, 0.25) is 5.12 Å². The highest BCUT2D eigenvalue weighted by Crippen LogP contribution is 2.49. The molecule has 0 bridgehead atoms. The monoisotopic (exact) mass is 338 g/mol. The van der Waals surface area contributed by atoms with Crippen molar-refractivity contribution in [2.75, 3.05) is 7.11 Å². The molecule has 0 N–H and O–H groups in total. The van der Waals surface area contributed by atoms with E-state index in [-0.39, 0.29) is 5.12 Å². The molecule has 0 amide bonds. The van der Waals surface area contributed by atoms with Crippen LogP contribution in [0.2, 0.25) is 0 Å². The number of fused-ring (bicyclic) bond motifs is 1. The van der Waals surface area contributed by atoms with Crippen molar-refractivity contribution in [1.29, 1.82) is 0 Å².